The summed E-state index contributed by atoms with van der Waals surface area (Å²) in [6, 6.07) is 7.50. The first kappa shape index (κ1) is 14.7. The van der Waals surface area contributed by atoms with Gasteiger partial charge in [0.1, 0.15) is 16.5 Å². The minimum atomic E-state index is 0.405. The van der Waals surface area contributed by atoms with Crippen LogP contribution in [0, 0.1) is 6.92 Å². The summed E-state index contributed by atoms with van der Waals surface area (Å²) in [5, 5.41) is 0.985. The van der Waals surface area contributed by atoms with Crippen LogP contribution in [0.5, 0.6) is 11.5 Å². The Bertz CT molecular complexity index is 594. The van der Waals surface area contributed by atoms with Crippen LogP contribution in [0.3, 0.4) is 0 Å². The van der Waals surface area contributed by atoms with Crippen molar-refractivity contribution < 1.29 is 9.47 Å². The van der Waals surface area contributed by atoms with Gasteiger partial charge in [0.05, 0.1) is 29.3 Å². The third kappa shape index (κ3) is 3.68. The van der Waals surface area contributed by atoms with E-state index < -0.39 is 0 Å². The minimum Gasteiger partial charge on any atom is -0.497 e. The number of benzene rings is 1. The summed E-state index contributed by atoms with van der Waals surface area (Å²) in [5.41, 5.74) is 6.52. The fourth-order valence-electron chi connectivity index (χ4n) is 1.72. The van der Waals surface area contributed by atoms with Crippen molar-refractivity contribution in [3.8, 4) is 11.5 Å². The molecule has 0 unspecified atom stereocenters. The first-order chi connectivity index (χ1) is 9.60. The Kier molecular flexibility index (Phi) is 4.92. The van der Waals surface area contributed by atoms with Gasteiger partial charge in [0.2, 0.25) is 0 Å². The van der Waals surface area contributed by atoms with Crippen LogP contribution in [0.4, 0.5) is 0 Å². The molecule has 0 bridgehead atoms. The van der Waals surface area contributed by atoms with E-state index in [1.807, 2.05) is 31.2 Å². The van der Waals surface area contributed by atoms with Gasteiger partial charge in [-0.1, -0.05) is 12.2 Å². The summed E-state index contributed by atoms with van der Waals surface area (Å²) in [4.78, 5) is 5.73. The van der Waals surface area contributed by atoms with Crippen LogP contribution >= 0.6 is 23.6 Å². The third-order valence-corrected chi connectivity index (χ3v) is 4.29. The first-order valence-corrected chi connectivity index (χ1v) is 7.35. The summed E-state index contributed by atoms with van der Waals surface area (Å²) in [6.45, 7) is 2.48. The highest BCUT2D eigenvalue weighted by Crippen LogP contribution is 2.20. The van der Waals surface area contributed by atoms with Gasteiger partial charge in [-0.15, -0.1) is 11.3 Å². The molecule has 0 amide bonds. The van der Waals surface area contributed by atoms with Crippen LogP contribution in [-0.4, -0.2) is 23.7 Å². The average molecular weight is 308 g/mol. The van der Waals surface area contributed by atoms with Crippen molar-refractivity contribution in [2.45, 2.75) is 13.3 Å². The van der Waals surface area contributed by atoms with Gasteiger partial charge in [0.25, 0.3) is 0 Å². The van der Waals surface area contributed by atoms with E-state index in [1.165, 1.54) is 11.3 Å². The zero-order valence-electron chi connectivity index (χ0n) is 11.4. The molecule has 2 rings (SSSR count). The van der Waals surface area contributed by atoms with Gasteiger partial charge < -0.3 is 15.2 Å². The Morgan fingerprint density at radius 3 is 2.50 bits per heavy atom. The Hall–Kier alpha value is -1.66. The van der Waals surface area contributed by atoms with E-state index in [0.29, 0.717) is 11.6 Å². The van der Waals surface area contributed by atoms with Gasteiger partial charge in [0.15, 0.2) is 0 Å². The van der Waals surface area contributed by atoms with Crippen molar-refractivity contribution in [1.29, 1.82) is 0 Å². The molecular weight excluding hydrogens is 292 g/mol. The summed E-state index contributed by atoms with van der Waals surface area (Å²) < 4.78 is 10.8. The van der Waals surface area contributed by atoms with Crippen LogP contribution in [0.15, 0.2) is 24.3 Å². The lowest BCUT2D eigenvalue weighted by atomic mass is 10.3. The van der Waals surface area contributed by atoms with E-state index in [1.54, 1.807) is 7.11 Å². The summed E-state index contributed by atoms with van der Waals surface area (Å²) in [6.07, 6.45) is 0.736. The number of aromatic nitrogens is 1. The quantitative estimate of drug-likeness (QED) is 0.832. The lowest BCUT2D eigenvalue weighted by Gasteiger charge is -2.05. The second-order valence-electron chi connectivity index (χ2n) is 4.16. The molecule has 1 aromatic heterocycles. The fraction of sp³-hybridized carbons (Fsp3) is 0.286. The number of nitrogens with two attached hydrogens (primary N) is 1. The molecule has 0 saturated heterocycles. The molecule has 4 nitrogen and oxygen atoms in total. The third-order valence-electron chi connectivity index (χ3n) is 2.71. The molecule has 0 radical (unpaired) electrons. The van der Waals surface area contributed by atoms with E-state index in [0.717, 1.165) is 33.5 Å². The van der Waals surface area contributed by atoms with Crippen molar-refractivity contribution in [1.82, 2.24) is 4.98 Å². The number of rotatable bonds is 6. The number of hydrogen-bond acceptors (Lipinski definition) is 5. The van der Waals surface area contributed by atoms with Crippen molar-refractivity contribution in [3.63, 3.8) is 0 Å². The van der Waals surface area contributed by atoms with E-state index in [4.69, 9.17) is 27.4 Å². The SMILES string of the molecule is COc1ccc(OCCc2nc(C)c(C(N)=S)s2)cc1. The summed E-state index contributed by atoms with van der Waals surface area (Å²) >= 11 is 6.51. The van der Waals surface area contributed by atoms with Crippen molar-refractivity contribution >= 4 is 28.5 Å². The molecule has 0 aliphatic carbocycles. The van der Waals surface area contributed by atoms with Gasteiger partial charge in [-0.2, -0.15) is 0 Å². The predicted molar refractivity (Wildman–Crippen MR) is 84.9 cm³/mol. The molecule has 1 heterocycles. The monoisotopic (exact) mass is 308 g/mol. The molecule has 0 spiro atoms. The van der Waals surface area contributed by atoms with Gasteiger partial charge in [-0.3, -0.25) is 0 Å². The smallest absolute Gasteiger partial charge is 0.119 e. The van der Waals surface area contributed by atoms with Crippen LogP contribution in [-0.2, 0) is 6.42 Å². The van der Waals surface area contributed by atoms with E-state index in [2.05, 4.69) is 4.98 Å². The highest BCUT2D eigenvalue weighted by molar-refractivity contribution is 7.81. The van der Waals surface area contributed by atoms with Crippen LogP contribution in [0.25, 0.3) is 0 Å². The molecule has 0 atom stereocenters. The minimum absolute atomic E-state index is 0.405. The van der Waals surface area contributed by atoms with Crippen LogP contribution in [0.1, 0.15) is 15.6 Å². The van der Waals surface area contributed by atoms with Crippen molar-refractivity contribution in [3.05, 3.63) is 39.8 Å². The fourth-order valence-corrected chi connectivity index (χ4v) is 2.89. The molecule has 2 N–H and O–H groups in total. The molecule has 106 valence electrons. The van der Waals surface area contributed by atoms with Crippen molar-refractivity contribution in [2.24, 2.45) is 5.73 Å². The second-order valence-corrected chi connectivity index (χ2v) is 5.68. The molecule has 20 heavy (non-hydrogen) atoms. The maximum atomic E-state index is 5.67. The Balaban J connectivity index is 1.89. The maximum absolute atomic E-state index is 5.67. The summed E-state index contributed by atoms with van der Waals surface area (Å²) in [7, 11) is 1.64. The largest absolute Gasteiger partial charge is 0.497 e. The molecule has 0 aliphatic rings. The Morgan fingerprint density at radius 1 is 1.30 bits per heavy atom. The van der Waals surface area contributed by atoms with E-state index in [9.17, 15) is 0 Å². The number of ether oxygens (including phenoxy) is 2. The first-order valence-electron chi connectivity index (χ1n) is 6.13. The topological polar surface area (TPSA) is 57.4 Å². The lowest BCUT2D eigenvalue weighted by Crippen LogP contribution is -2.08. The molecule has 0 aliphatic heterocycles. The van der Waals surface area contributed by atoms with E-state index >= 15 is 0 Å². The zero-order valence-corrected chi connectivity index (χ0v) is 13.0. The molecule has 0 saturated carbocycles. The van der Waals surface area contributed by atoms with Gasteiger partial charge in [0, 0.05) is 6.42 Å². The van der Waals surface area contributed by atoms with Crippen LogP contribution in [0.2, 0.25) is 0 Å². The molecule has 1 aromatic carbocycles. The van der Waals surface area contributed by atoms with Crippen LogP contribution < -0.4 is 15.2 Å². The lowest BCUT2D eigenvalue weighted by molar-refractivity contribution is 0.321. The summed E-state index contributed by atoms with van der Waals surface area (Å²) in [5.74, 6) is 1.63. The number of hydrogen-bond donors (Lipinski definition) is 1. The Labute approximate surface area is 127 Å². The van der Waals surface area contributed by atoms with Gasteiger partial charge in [-0.05, 0) is 31.2 Å². The standard InChI is InChI=1S/C14H16N2O2S2/c1-9-13(14(15)19)20-12(16-9)7-8-18-11-5-3-10(17-2)4-6-11/h3-6H,7-8H2,1-2H3,(H2,15,19). The Morgan fingerprint density at radius 2 is 1.95 bits per heavy atom. The highest BCUT2D eigenvalue weighted by Gasteiger charge is 2.09. The van der Waals surface area contributed by atoms with E-state index in [-0.39, 0.29) is 0 Å². The average Bonchev–Trinajstić information content (AvgIpc) is 2.81. The predicted octanol–water partition coefficient (Wildman–Crippen LogP) is 2.72. The molecule has 2 aromatic rings. The molecule has 6 heteroatoms. The molecular formula is C14H16N2O2S2. The number of thiocarbonyl (C=S) groups is 1. The maximum Gasteiger partial charge on any atom is 0.119 e. The number of nitrogens with zero attached hydrogens (tertiary/aromatic N) is 1. The number of thiazole rings is 1. The van der Waals surface area contributed by atoms with Gasteiger partial charge >= 0.3 is 0 Å². The van der Waals surface area contributed by atoms with Crippen molar-refractivity contribution in [2.75, 3.05) is 13.7 Å². The zero-order chi connectivity index (χ0) is 14.5. The molecule has 0 fully saturated rings. The highest BCUT2D eigenvalue weighted by atomic mass is 32.1. The number of aryl methyl sites for hydroxylation is 1. The van der Waals surface area contributed by atoms with Gasteiger partial charge in [-0.25, -0.2) is 4.98 Å². The second kappa shape index (κ2) is 6.67. The number of methoxy groups -OCH3 is 1. The normalized spacial score (nSPS) is 10.3.